The molecule has 6 saturated heterocycles. The fourth-order valence-corrected chi connectivity index (χ4v) is 25.8. The number of nitrogens with zero attached hydrogens (tertiary/aromatic N) is 26. The highest BCUT2D eigenvalue weighted by atomic mass is 31.2. The van der Waals surface area contributed by atoms with Crippen LogP contribution in [0.3, 0.4) is 0 Å². The molecule has 132 heavy (non-hydrogen) atoms. The molecule has 14 rings (SSSR count). The van der Waals surface area contributed by atoms with Crippen molar-refractivity contribution >= 4 is 107 Å². The normalized spacial score (nSPS) is 25.2. The summed E-state index contributed by atoms with van der Waals surface area (Å²) in [7, 11) is -4.39. The van der Waals surface area contributed by atoms with E-state index in [1.165, 1.54) is 146 Å². The number of carbonyl (C=O) groups excluding carboxylic acids is 1. The number of aromatic nitrogens is 16. The maximum Gasteiger partial charge on any atom is 0.409 e. The van der Waals surface area contributed by atoms with Crippen molar-refractivity contribution in [1.29, 1.82) is 0 Å². The first-order valence-corrected chi connectivity index (χ1v) is 49.5. The summed E-state index contributed by atoms with van der Waals surface area (Å²) >= 11 is 0. The van der Waals surface area contributed by atoms with Crippen LogP contribution >= 0.6 is 38.4 Å². The van der Waals surface area contributed by atoms with Crippen LogP contribution in [-0.2, 0) is 83.3 Å². The van der Waals surface area contributed by atoms with Gasteiger partial charge in [0.25, 0.3) is 11.1 Å². The number of fused-ring (bicyclic) bond motifs is 3. The first-order valence-electron chi connectivity index (χ1n) is 41.9. The molecule has 0 radical (unpaired) electrons. The Labute approximate surface area is 755 Å². The van der Waals surface area contributed by atoms with Gasteiger partial charge in [0.2, 0.25) is 11.9 Å². The number of likely N-dealkylation sites (N-methyl/N-ethyl adjacent to an activating group) is 1. The molecule has 1 amide bonds. The number of nitrogens with one attached hydrogen (secondary N) is 2. The molecule has 6 fully saturated rings. The van der Waals surface area contributed by atoms with Gasteiger partial charge in [0.15, 0.2) is 46.2 Å². The van der Waals surface area contributed by atoms with E-state index >= 15 is 22.8 Å². The van der Waals surface area contributed by atoms with Crippen LogP contribution in [0.25, 0.3) is 33.5 Å². The summed E-state index contributed by atoms with van der Waals surface area (Å²) in [6.45, 7) is -2.71. The van der Waals surface area contributed by atoms with Crippen LogP contribution in [0.1, 0.15) is 31.1 Å². The number of H-pyrrole nitrogens is 2. The zero-order valence-corrected chi connectivity index (χ0v) is 79.1. The minimum absolute atomic E-state index is 0.00311. The standard InChI is InChI=1S/C70H114N33O24P5/c1-87(2)128(110,94-18-16-93(17-19-94)70(109)117-25-24-116-23-22-115-21-20-104)118-37-48-29-97(34-55(126-48)102-43-79-58-62(102)83-66(74)85-64(58)105)132(114,91(9)10)122-40-49-30-98(35-56(127-49)103-44-80-59-63(103)84-67(75)86-65(59)106)131(113,90(7)8)121-39-47-28-96(33-54(125-47)100-15-13-51(72)82-69(100)108)130(112,89(5)6)120-38-46-27-95(32-53(124-46)99-14-12-50(71)81-68(99)107)129(111,88(3)4)119-36-45-26-92(11)31-52(123-45)101-42-78-57-60(73)76-41-77-61(57)101/h12-15,41-49,52-56,104H,16-40H2,1-11H3,(H2,71,81,107)(H2,72,82,108)(H2,73,76,77)(H3,74,83,85,105)(H3,75,84,86,106)/t45-,46-,47-,48-,49-,52+,53+,54+,55+,56+,128?,129?,130?,131?,132?/m0/s1. The summed E-state index contributed by atoms with van der Waals surface area (Å²) in [6, 6.07) is 2.75. The largest absolute Gasteiger partial charge is 0.447 e. The van der Waals surface area contributed by atoms with Crippen molar-refractivity contribution < 1.29 is 93.2 Å². The third kappa shape index (κ3) is 21.8. The molecule has 6 aliphatic rings. The number of aliphatic hydroxyl groups is 1. The number of carbonyl (C=O) groups is 1. The molecule has 5 unspecified atom stereocenters. The fraction of sp³-hybridized carbons (Fsp3) is 0.657. The van der Waals surface area contributed by atoms with Gasteiger partial charge >= 0.3 is 55.8 Å². The average Bonchev–Trinajstić information content (AvgIpc) is 1.50. The second kappa shape index (κ2) is 42.0. The summed E-state index contributed by atoms with van der Waals surface area (Å²) in [5, 5.41) is 8.94. The number of aromatic amines is 2. The summed E-state index contributed by atoms with van der Waals surface area (Å²) in [5.41, 5.74) is 27.9. The van der Waals surface area contributed by atoms with Crippen LogP contribution in [0.15, 0.2) is 69.0 Å². The van der Waals surface area contributed by atoms with Gasteiger partial charge in [-0.2, -0.15) is 19.9 Å². The van der Waals surface area contributed by atoms with Crippen LogP contribution < -0.4 is 51.2 Å². The number of ether oxygens (including phenoxy) is 8. The van der Waals surface area contributed by atoms with E-state index in [0.29, 0.717) is 24.3 Å². The second-order valence-electron chi connectivity index (χ2n) is 32.7. The number of hydrogen-bond acceptors (Lipinski definition) is 39. The lowest BCUT2D eigenvalue weighted by molar-refractivity contribution is -0.134. The molecule has 728 valence electrons. The molecule has 57 nitrogen and oxygen atoms in total. The Bertz CT molecular complexity index is 5880. The number of anilines is 5. The number of amides is 1. The van der Waals surface area contributed by atoms with E-state index in [1.807, 2.05) is 11.9 Å². The van der Waals surface area contributed by atoms with Crippen LogP contribution in [0, 0.1) is 0 Å². The molecular weight excluding hydrogens is 1840 g/mol. The molecule has 62 heteroatoms. The fourth-order valence-electron chi connectivity index (χ4n) is 15.9. The lowest BCUT2D eigenvalue weighted by Crippen LogP contribution is -2.51. The van der Waals surface area contributed by atoms with Crippen LogP contribution in [0.2, 0.25) is 0 Å². The predicted molar refractivity (Wildman–Crippen MR) is 473 cm³/mol. The van der Waals surface area contributed by atoms with E-state index in [2.05, 4.69) is 54.8 Å². The van der Waals surface area contributed by atoms with Gasteiger partial charge in [0.1, 0.15) is 48.8 Å². The number of aliphatic hydroxyl groups excluding tert-OH is 1. The Morgan fingerprint density at radius 1 is 0.424 bits per heavy atom. The highest BCUT2D eigenvalue weighted by molar-refractivity contribution is 7.55. The van der Waals surface area contributed by atoms with Crippen LogP contribution in [0.4, 0.5) is 34.1 Å². The molecule has 8 aromatic heterocycles. The van der Waals surface area contributed by atoms with Gasteiger partial charge < -0.3 is 99.2 Å². The third-order valence-electron chi connectivity index (χ3n) is 22.4. The minimum atomic E-state index is -4.52. The molecule has 0 aromatic carbocycles. The van der Waals surface area contributed by atoms with E-state index < -0.39 is 155 Å². The molecule has 14 heterocycles. The monoisotopic (exact) mass is 1960 g/mol. The quantitative estimate of drug-likeness (QED) is 0.0159. The van der Waals surface area contributed by atoms with E-state index in [4.69, 9.17) is 94.3 Å². The molecule has 0 saturated carbocycles. The molecule has 15 atom stereocenters. The Balaban J connectivity index is 0.712. The van der Waals surface area contributed by atoms with Gasteiger partial charge in [-0.15, -0.1) is 0 Å². The molecule has 8 aromatic rings. The average molecular weight is 1960 g/mol. The Morgan fingerprint density at radius 2 is 0.765 bits per heavy atom. The number of imidazole rings is 3. The Morgan fingerprint density at radius 3 is 1.14 bits per heavy atom. The van der Waals surface area contributed by atoms with E-state index in [-0.39, 0.29) is 176 Å². The molecular formula is C70H114N33O24P5. The van der Waals surface area contributed by atoms with E-state index in [0.717, 1.165) is 4.57 Å². The van der Waals surface area contributed by atoms with Crippen molar-refractivity contribution in [2.75, 3.05) is 270 Å². The topological polar surface area (TPSA) is 652 Å². The smallest absolute Gasteiger partial charge is 0.409 e. The zero-order valence-electron chi connectivity index (χ0n) is 74.7. The maximum absolute atomic E-state index is 16.6. The van der Waals surface area contributed by atoms with Gasteiger partial charge in [-0.3, -0.25) is 70.1 Å². The van der Waals surface area contributed by atoms with Crippen molar-refractivity contribution in [3.05, 3.63) is 91.5 Å². The summed E-state index contributed by atoms with van der Waals surface area (Å²) in [5.74, 6) is -0.541. The van der Waals surface area contributed by atoms with Crippen LogP contribution in [0.5, 0.6) is 0 Å². The number of nitrogen functional groups attached to an aromatic ring is 5. The highest BCUT2D eigenvalue weighted by Crippen LogP contribution is 2.61. The van der Waals surface area contributed by atoms with E-state index in [1.54, 1.807) is 43.8 Å². The van der Waals surface area contributed by atoms with Crippen molar-refractivity contribution in [3.8, 4) is 0 Å². The zero-order chi connectivity index (χ0) is 94.6. The Hall–Kier alpha value is -8.53. The maximum atomic E-state index is 16.6. The predicted octanol–water partition coefficient (Wildman–Crippen LogP) is -1.64. The first kappa shape index (κ1) is 99.4. The molecule has 13 N–H and O–H groups in total. The van der Waals surface area contributed by atoms with Crippen molar-refractivity contribution in [2.24, 2.45) is 0 Å². The third-order valence-corrected chi connectivity index (χ3v) is 35.2. The second-order valence-corrected chi connectivity index (χ2v) is 45.7. The summed E-state index contributed by atoms with van der Waals surface area (Å²) in [4.78, 5) is 114. The summed E-state index contributed by atoms with van der Waals surface area (Å²) in [6.07, 6.45) is -3.58. The minimum Gasteiger partial charge on any atom is -0.447 e. The van der Waals surface area contributed by atoms with Gasteiger partial charge in [-0.25, -0.2) is 86.0 Å². The molecule has 6 aliphatic heterocycles. The van der Waals surface area contributed by atoms with Gasteiger partial charge in [0.05, 0.1) is 142 Å². The lowest BCUT2D eigenvalue weighted by atomic mass is 10.3. The number of nitrogens with two attached hydrogens (primary N) is 5. The van der Waals surface area contributed by atoms with Crippen molar-refractivity contribution in [1.82, 2.24) is 134 Å². The molecule has 0 aliphatic carbocycles. The van der Waals surface area contributed by atoms with Gasteiger partial charge in [-0.05, 0) is 89.7 Å². The SMILES string of the molecule is CN1C[C@@H](COP(=O)(N(C)C)N2C[C@@H](COP(=O)(N(C)C)N3C[C@@H](COP(=O)(N(C)C)N4C[C@@H](COP(=O)(N(C)C)N5C[C@@H](COP(=O)(N(C)C)N6CCN(C(=O)OCCOCCOCCO)CC6)O[C@@H](n6cnc7c(=O)[nH]c(N)nc76)C5)O[C@@H](n5cnc6c(=O)[nH]c(N)nc65)C4)O[C@@H](n4ccc(N)nc4=O)C3)O[C@@H](n3ccc(N)nc3=O)C2)O[C@@H](n2cnc3c(N)ncnc32)C1. The number of piperazine rings is 1. The van der Waals surface area contributed by atoms with Crippen molar-refractivity contribution in [2.45, 2.75) is 61.7 Å². The highest BCUT2D eigenvalue weighted by Gasteiger charge is 2.52. The number of rotatable bonds is 38. The van der Waals surface area contributed by atoms with Gasteiger partial charge in [-0.1, -0.05) is 0 Å². The van der Waals surface area contributed by atoms with Gasteiger partial charge in [0, 0.05) is 77.8 Å². The first-order chi connectivity index (χ1) is 62.8. The van der Waals surface area contributed by atoms with Crippen molar-refractivity contribution in [3.63, 3.8) is 0 Å². The summed E-state index contributed by atoms with van der Waals surface area (Å²) < 4.78 is 184. The Kier molecular flexibility index (Phi) is 31.6. The molecule has 0 spiro atoms. The molecule has 0 bridgehead atoms. The van der Waals surface area contributed by atoms with Crippen LogP contribution in [-0.4, -0.2) is 418 Å². The van der Waals surface area contributed by atoms with E-state index in [9.17, 15) is 24.0 Å². The lowest BCUT2D eigenvalue weighted by Gasteiger charge is -2.46. The number of morpholine rings is 5. The number of hydrogen-bond donors (Lipinski definition) is 8.